The third-order valence-corrected chi connectivity index (χ3v) is 3.37. The van der Waals surface area contributed by atoms with Gasteiger partial charge >= 0.3 is 0 Å². The summed E-state index contributed by atoms with van der Waals surface area (Å²) in [7, 11) is 0. The highest BCUT2D eigenvalue weighted by molar-refractivity contribution is 5.11. The number of hydrogen-bond donors (Lipinski definition) is 4. The molecule has 4 nitrogen and oxygen atoms in total. The van der Waals surface area contributed by atoms with Crippen LogP contribution in [0.25, 0.3) is 0 Å². The normalized spacial score (nSPS) is 42.3. The lowest BCUT2D eigenvalue weighted by atomic mass is 9.93. The Bertz CT molecular complexity index is 238. The van der Waals surface area contributed by atoms with E-state index >= 15 is 0 Å². The fourth-order valence-electron chi connectivity index (χ4n) is 2.39. The summed E-state index contributed by atoms with van der Waals surface area (Å²) in [5, 5.41) is 31.9. The second-order valence-electron chi connectivity index (χ2n) is 4.53. The zero-order chi connectivity index (χ0) is 10.8. The second kappa shape index (κ2) is 4.61. The summed E-state index contributed by atoms with van der Waals surface area (Å²) in [4.78, 5) is 0. The van der Waals surface area contributed by atoms with Gasteiger partial charge in [-0.15, -0.1) is 0 Å². The van der Waals surface area contributed by atoms with E-state index < -0.39 is 18.3 Å². The van der Waals surface area contributed by atoms with Gasteiger partial charge in [0, 0.05) is 6.04 Å². The summed E-state index contributed by atoms with van der Waals surface area (Å²) in [5.74, 6) is 0. The van der Waals surface area contributed by atoms with Crippen molar-refractivity contribution in [1.29, 1.82) is 0 Å². The van der Waals surface area contributed by atoms with Crippen LogP contribution >= 0.6 is 0 Å². The number of hydrogen-bond acceptors (Lipinski definition) is 4. The van der Waals surface area contributed by atoms with E-state index in [4.69, 9.17) is 0 Å². The molecule has 1 saturated carbocycles. The van der Waals surface area contributed by atoms with E-state index in [1.54, 1.807) is 12.2 Å². The first kappa shape index (κ1) is 11.1. The van der Waals surface area contributed by atoms with Gasteiger partial charge < -0.3 is 20.6 Å². The molecule has 0 aliphatic heterocycles. The van der Waals surface area contributed by atoms with Crippen LogP contribution in [0.4, 0.5) is 0 Å². The molecule has 0 spiro atoms. The summed E-state index contributed by atoms with van der Waals surface area (Å²) >= 11 is 0. The Labute approximate surface area is 89.6 Å². The summed E-state index contributed by atoms with van der Waals surface area (Å²) in [6.07, 6.45) is 5.10. The van der Waals surface area contributed by atoms with Crippen molar-refractivity contribution in [2.45, 2.75) is 56.1 Å². The van der Waals surface area contributed by atoms with Crippen molar-refractivity contribution in [3.05, 3.63) is 12.2 Å². The zero-order valence-electron chi connectivity index (χ0n) is 8.71. The molecule has 2 aliphatic carbocycles. The minimum absolute atomic E-state index is 0.230. The fraction of sp³-hybridized carbons (Fsp3) is 0.818. The van der Waals surface area contributed by atoms with E-state index in [1.165, 1.54) is 12.8 Å². The third kappa shape index (κ3) is 2.39. The largest absolute Gasteiger partial charge is 0.388 e. The lowest BCUT2D eigenvalue weighted by Gasteiger charge is -2.33. The SMILES string of the molecule is O[C@H]1[C@H](O)[C@@H](NC2CCCC2)C=C[C@H]1O. The van der Waals surface area contributed by atoms with Crippen molar-refractivity contribution < 1.29 is 15.3 Å². The molecule has 0 aromatic heterocycles. The number of rotatable bonds is 2. The molecule has 2 aliphatic rings. The Morgan fingerprint density at radius 1 is 0.933 bits per heavy atom. The number of nitrogens with one attached hydrogen (secondary N) is 1. The van der Waals surface area contributed by atoms with E-state index in [2.05, 4.69) is 5.32 Å². The van der Waals surface area contributed by atoms with Crippen LogP contribution in [0.15, 0.2) is 12.2 Å². The first-order chi connectivity index (χ1) is 7.18. The molecule has 0 amide bonds. The van der Waals surface area contributed by atoms with Crippen molar-refractivity contribution in [2.75, 3.05) is 0 Å². The Morgan fingerprint density at radius 2 is 1.60 bits per heavy atom. The van der Waals surface area contributed by atoms with Gasteiger partial charge in [0.1, 0.15) is 18.3 Å². The lowest BCUT2D eigenvalue weighted by Crippen LogP contribution is -2.53. The van der Waals surface area contributed by atoms with Crippen LogP contribution in [0, 0.1) is 0 Å². The third-order valence-electron chi connectivity index (χ3n) is 3.37. The van der Waals surface area contributed by atoms with E-state index in [1.807, 2.05) is 0 Å². The molecule has 0 aromatic carbocycles. The molecule has 15 heavy (non-hydrogen) atoms. The minimum Gasteiger partial charge on any atom is -0.388 e. The van der Waals surface area contributed by atoms with Crippen molar-refractivity contribution in [2.24, 2.45) is 0 Å². The quantitative estimate of drug-likeness (QED) is 0.468. The van der Waals surface area contributed by atoms with E-state index in [0.29, 0.717) is 6.04 Å². The predicted octanol–water partition coefficient (Wildman–Crippen LogP) is -0.460. The molecule has 0 bridgehead atoms. The van der Waals surface area contributed by atoms with Gasteiger partial charge in [-0.25, -0.2) is 0 Å². The summed E-state index contributed by atoms with van der Waals surface area (Å²) in [6.45, 7) is 0. The first-order valence-corrected chi connectivity index (χ1v) is 5.67. The Balaban J connectivity index is 1.93. The maximum absolute atomic E-state index is 9.74. The molecule has 4 atom stereocenters. The second-order valence-corrected chi connectivity index (χ2v) is 4.53. The highest BCUT2D eigenvalue weighted by atomic mass is 16.4. The van der Waals surface area contributed by atoms with E-state index in [-0.39, 0.29) is 6.04 Å². The van der Waals surface area contributed by atoms with Crippen LogP contribution in [0.2, 0.25) is 0 Å². The van der Waals surface area contributed by atoms with Crippen LogP contribution in [-0.2, 0) is 0 Å². The smallest absolute Gasteiger partial charge is 0.111 e. The maximum atomic E-state index is 9.74. The van der Waals surface area contributed by atoms with Crippen LogP contribution in [0.5, 0.6) is 0 Å². The van der Waals surface area contributed by atoms with Gasteiger partial charge in [-0.3, -0.25) is 0 Å². The first-order valence-electron chi connectivity index (χ1n) is 5.67. The van der Waals surface area contributed by atoms with Gasteiger partial charge in [0.05, 0.1) is 6.04 Å². The number of aliphatic hydroxyl groups is 3. The molecule has 0 radical (unpaired) electrons. The fourth-order valence-corrected chi connectivity index (χ4v) is 2.39. The lowest BCUT2D eigenvalue weighted by molar-refractivity contribution is -0.0577. The van der Waals surface area contributed by atoms with Gasteiger partial charge in [-0.05, 0) is 12.8 Å². The van der Waals surface area contributed by atoms with Gasteiger partial charge in [0.25, 0.3) is 0 Å². The van der Waals surface area contributed by atoms with Crippen molar-refractivity contribution in [3.8, 4) is 0 Å². The molecule has 4 heteroatoms. The summed E-state index contributed by atoms with van der Waals surface area (Å²) in [6, 6.07) is 0.211. The Kier molecular flexibility index (Phi) is 3.41. The topological polar surface area (TPSA) is 72.7 Å². The molecule has 0 unspecified atom stereocenters. The van der Waals surface area contributed by atoms with Crippen molar-refractivity contribution >= 4 is 0 Å². The predicted molar refractivity (Wildman–Crippen MR) is 56.3 cm³/mol. The van der Waals surface area contributed by atoms with Gasteiger partial charge in [0.2, 0.25) is 0 Å². The van der Waals surface area contributed by atoms with Crippen molar-refractivity contribution in [3.63, 3.8) is 0 Å². The van der Waals surface area contributed by atoms with Gasteiger partial charge in [-0.2, -0.15) is 0 Å². The monoisotopic (exact) mass is 213 g/mol. The molecular weight excluding hydrogens is 194 g/mol. The molecule has 4 N–H and O–H groups in total. The molecular formula is C11H19NO3. The molecule has 0 saturated heterocycles. The minimum atomic E-state index is -1.08. The van der Waals surface area contributed by atoms with Crippen LogP contribution in [0.3, 0.4) is 0 Å². The Morgan fingerprint density at radius 3 is 2.27 bits per heavy atom. The summed E-state index contributed by atoms with van der Waals surface area (Å²) < 4.78 is 0. The van der Waals surface area contributed by atoms with Crippen LogP contribution in [0.1, 0.15) is 25.7 Å². The van der Waals surface area contributed by atoms with Crippen LogP contribution in [-0.4, -0.2) is 45.7 Å². The highest BCUT2D eigenvalue weighted by Gasteiger charge is 2.34. The van der Waals surface area contributed by atoms with Crippen molar-refractivity contribution in [1.82, 2.24) is 5.32 Å². The molecule has 0 heterocycles. The van der Waals surface area contributed by atoms with Crippen LogP contribution < -0.4 is 5.32 Å². The summed E-state index contributed by atoms with van der Waals surface area (Å²) in [5.41, 5.74) is 0. The van der Waals surface area contributed by atoms with Gasteiger partial charge in [0.15, 0.2) is 0 Å². The van der Waals surface area contributed by atoms with E-state index in [9.17, 15) is 15.3 Å². The average Bonchev–Trinajstić information content (AvgIpc) is 2.72. The van der Waals surface area contributed by atoms with E-state index in [0.717, 1.165) is 12.8 Å². The molecule has 1 fully saturated rings. The Hall–Kier alpha value is -0.420. The molecule has 2 rings (SSSR count). The standard InChI is InChI=1S/C11H19NO3/c13-9-6-5-8(10(14)11(9)15)12-7-3-1-2-4-7/h5-15H,1-4H2/t8-,9+,10+,11+/m0/s1. The molecule has 86 valence electrons. The average molecular weight is 213 g/mol. The number of aliphatic hydroxyl groups excluding tert-OH is 3. The maximum Gasteiger partial charge on any atom is 0.111 e. The molecule has 0 aromatic rings. The highest BCUT2D eigenvalue weighted by Crippen LogP contribution is 2.21. The van der Waals surface area contributed by atoms with Gasteiger partial charge in [-0.1, -0.05) is 25.0 Å². The zero-order valence-corrected chi connectivity index (χ0v) is 8.71.